The normalized spacial score (nSPS) is 12.5. The highest BCUT2D eigenvalue weighted by Crippen LogP contribution is 1.95. The van der Waals surface area contributed by atoms with Crippen LogP contribution in [0.3, 0.4) is 0 Å². The summed E-state index contributed by atoms with van der Waals surface area (Å²) in [5.41, 5.74) is 0. The molecule has 0 saturated heterocycles. The Hall–Kier alpha value is -0.610. The van der Waals surface area contributed by atoms with E-state index in [1.54, 1.807) is 0 Å². The summed E-state index contributed by atoms with van der Waals surface area (Å²) >= 11 is 0. The lowest BCUT2D eigenvalue weighted by atomic mass is 10.2. The van der Waals surface area contributed by atoms with Gasteiger partial charge < -0.3 is 15.2 Å². The van der Waals surface area contributed by atoms with E-state index in [-0.39, 0.29) is 18.6 Å². The van der Waals surface area contributed by atoms with E-state index in [4.69, 9.17) is 5.11 Å². The van der Waals surface area contributed by atoms with E-state index in [0.29, 0.717) is 13.0 Å². The third kappa shape index (κ3) is 6.54. The number of nitrogens with one attached hydrogen (secondary N) is 1. The maximum atomic E-state index is 10.7. The van der Waals surface area contributed by atoms with Crippen molar-refractivity contribution in [1.82, 2.24) is 5.32 Å². The Morgan fingerprint density at radius 1 is 1.62 bits per heavy atom. The summed E-state index contributed by atoms with van der Waals surface area (Å²) in [6.45, 7) is 2.75. The molecule has 0 aromatic rings. The number of esters is 1. The molecule has 0 aliphatic rings. The van der Waals surface area contributed by atoms with Gasteiger partial charge in [0.1, 0.15) is 0 Å². The van der Waals surface area contributed by atoms with E-state index in [9.17, 15) is 4.79 Å². The number of methoxy groups -OCH3 is 1. The summed E-state index contributed by atoms with van der Waals surface area (Å²) in [5, 5.41) is 12.0. The Kier molecular flexibility index (Phi) is 7.63. The topological polar surface area (TPSA) is 58.6 Å². The van der Waals surface area contributed by atoms with Crippen molar-refractivity contribution in [3.8, 4) is 0 Å². The molecule has 13 heavy (non-hydrogen) atoms. The summed E-state index contributed by atoms with van der Waals surface area (Å²) in [5.74, 6) is -0.222. The molecule has 0 spiro atoms. The molecule has 0 aliphatic carbocycles. The summed E-state index contributed by atoms with van der Waals surface area (Å²) in [6, 6.07) is 0.106. The van der Waals surface area contributed by atoms with Crippen molar-refractivity contribution < 1.29 is 14.6 Å². The molecule has 78 valence electrons. The second-order valence-electron chi connectivity index (χ2n) is 2.95. The Morgan fingerprint density at radius 3 is 2.77 bits per heavy atom. The number of hydrogen-bond acceptors (Lipinski definition) is 4. The van der Waals surface area contributed by atoms with Gasteiger partial charge in [-0.1, -0.05) is 13.3 Å². The number of carbonyl (C=O) groups is 1. The van der Waals surface area contributed by atoms with Gasteiger partial charge in [0, 0.05) is 12.6 Å². The molecule has 0 unspecified atom stereocenters. The van der Waals surface area contributed by atoms with Gasteiger partial charge in [0.05, 0.1) is 20.1 Å². The van der Waals surface area contributed by atoms with Gasteiger partial charge in [-0.3, -0.25) is 4.79 Å². The summed E-state index contributed by atoms with van der Waals surface area (Å²) in [7, 11) is 1.37. The van der Waals surface area contributed by atoms with Gasteiger partial charge in [0.25, 0.3) is 0 Å². The van der Waals surface area contributed by atoms with E-state index < -0.39 is 0 Å². The Balaban J connectivity index is 3.42. The van der Waals surface area contributed by atoms with Gasteiger partial charge in [-0.05, 0) is 6.42 Å². The smallest absolute Gasteiger partial charge is 0.306 e. The summed E-state index contributed by atoms with van der Waals surface area (Å²) < 4.78 is 4.48. The number of hydrogen-bond donors (Lipinski definition) is 2. The van der Waals surface area contributed by atoms with Crippen LogP contribution in [0.4, 0.5) is 0 Å². The first-order valence-electron chi connectivity index (χ1n) is 4.65. The van der Waals surface area contributed by atoms with Crippen LogP contribution in [0.2, 0.25) is 0 Å². The highest BCUT2D eigenvalue weighted by atomic mass is 16.5. The Bertz CT molecular complexity index is 139. The quantitative estimate of drug-likeness (QED) is 0.565. The van der Waals surface area contributed by atoms with Crippen molar-refractivity contribution in [3.05, 3.63) is 0 Å². The van der Waals surface area contributed by atoms with Crippen LogP contribution in [0, 0.1) is 0 Å². The van der Waals surface area contributed by atoms with Crippen LogP contribution in [-0.4, -0.2) is 37.4 Å². The van der Waals surface area contributed by atoms with Crippen LogP contribution in [0.25, 0.3) is 0 Å². The van der Waals surface area contributed by atoms with Crippen molar-refractivity contribution >= 4 is 5.97 Å². The van der Waals surface area contributed by atoms with E-state index in [2.05, 4.69) is 17.0 Å². The van der Waals surface area contributed by atoms with Crippen molar-refractivity contribution in [1.29, 1.82) is 0 Å². The van der Waals surface area contributed by atoms with Crippen molar-refractivity contribution in [2.45, 2.75) is 32.2 Å². The SMILES string of the molecule is CCC[C@@H](CO)NCCC(=O)OC. The lowest BCUT2D eigenvalue weighted by Gasteiger charge is -2.14. The average Bonchev–Trinajstić information content (AvgIpc) is 2.16. The molecule has 0 rings (SSSR count). The van der Waals surface area contributed by atoms with Crippen LogP contribution >= 0.6 is 0 Å². The zero-order chi connectivity index (χ0) is 10.1. The van der Waals surface area contributed by atoms with Crippen LogP contribution in [0.15, 0.2) is 0 Å². The maximum Gasteiger partial charge on any atom is 0.306 e. The number of aliphatic hydroxyl groups excluding tert-OH is 1. The van der Waals surface area contributed by atoms with E-state index in [1.807, 2.05) is 0 Å². The molecule has 4 nitrogen and oxygen atoms in total. The molecule has 0 bridgehead atoms. The van der Waals surface area contributed by atoms with Gasteiger partial charge in [-0.2, -0.15) is 0 Å². The van der Waals surface area contributed by atoms with Crippen LogP contribution in [-0.2, 0) is 9.53 Å². The van der Waals surface area contributed by atoms with E-state index in [0.717, 1.165) is 12.8 Å². The number of rotatable bonds is 7. The largest absolute Gasteiger partial charge is 0.469 e. The highest BCUT2D eigenvalue weighted by molar-refractivity contribution is 5.69. The summed E-state index contributed by atoms with van der Waals surface area (Å²) in [6.07, 6.45) is 2.31. The summed E-state index contributed by atoms with van der Waals surface area (Å²) in [4.78, 5) is 10.7. The number of ether oxygens (including phenoxy) is 1. The van der Waals surface area contributed by atoms with Crippen molar-refractivity contribution in [2.24, 2.45) is 0 Å². The first kappa shape index (κ1) is 12.4. The average molecular weight is 189 g/mol. The number of carbonyl (C=O) groups excluding carboxylic acids is 1. The minimum absolute atomic E-state index is 0.106. The molecule has 1 atom stereocenters. The van der Waals surface area contributed by atoms with Gasteiger partial charge in [0.2, 0.25) is 0 Å². The zero-order valence-corrected chi connectivity index (χ0v) is 8.38. The number of aliphatic hydroxyl groups is 1. The van der Waals surface area contributed by atoms with Crippen molar-refractivity contribution in [2.75, 3.05) is 20.3 Å². The second-order valence-corrected chi connectivity index (χ2v) is 2.95. The lowest BCUT2D eigenvalue weighted by Crippen LogP contribution is -2.34. The zero-order valence-electron chi connectivity index (χ0n) is 8.38. The molecule has 2 N–H and O–H groups in total. The predicted molar refractivity (Wildman–Crippen MR) is 50.4 cm³/mol. The van der Waals surface area contributed by atoms with Crippen LogP contribution in [0.1, 0.15) is 26.2 Å². The van der Waals surface area contributed by atoms with Crippen LogP contribution < -0.4 is 5.32 Å². The first-order valence-corrected chi connectivity index (χ1v) is 4.65. The molecular weight excluding hydrogens is 170 g/mol. The molecule has 0 amide bonds. The van der Waals surface area contributed by atoms with Crippen molar-refractivity contribution in [3.63, 3.8) is 0 Å². The standard InChI is InChI=1S/C9H19NO3/c1-3-4-8(7-11)10-6-5-9(12)13-2/h8,10-11H,3-7H2,1-2H3/t8-/m0/s1. The Labute approximate surface area is 79.3 Å². The third-order valence-corrected chi connectivity index (χ3v) is 1.85. The minimum atomic E-state index is -0.222. The fourth-order valence-corrected chi connectivity index (χ4v) is 1.09. The van der Waals surface area contributed by atoms with Crippen LogP contribution in [0.5, 0.6) is 0 Å². The molecule has 0 aromatic carbocycles. The molecular formula is C9H19NO3. The van der Waals surface area contributed by atoms with E-state index >= 15 is 0 Å². The third-order valence-electron chi connectivity index (χ3n) is 1.85. The first-order chi connectivity index (χ1) is 6.24. The predicted octanol–water partition coefficient (Wildman–Crippen LogP) is 0.300. The van der Waals surface area contributed by atoms with Gasteiger partial charge in [-0.15, -0.1) is 0 Å². The molecule has 0 heterocycles. The monoisotopic (exact) mass is 189 g/mol. The van der Waals surface area contributed by atoms with Gasteiger partial charge in [-0.25, -0.2) is 0 Å². The minimum Gasteiger partial charge on any atom is -0.469 e. The molecule has 0 saturated carbocycles. The second kappa shape index (κ2) is 8.01. The van der Waals surface area contributed by atoms with Gasteiger partial charge >= 0.3 is 5.97 Å². The molecule has 0 fully saturated rings. The Morgan fingerprint density at radius 2 is 2.31 bits per heavy atom. The fourth-order valence-electron chi connectivity index (χ4n) is 1.09. The maximum absolute atomic E-state index is 10.7. The molecule has 0 aliphatic heterocycles. The van der Waals surface area contributed by atoms with Gasteiger partial charge in [0.15, 0.2) is 0 Å². The van der Waals surface area contributed by atoms with E-state index in [1.165, 1.54) is 7.11 Å². The molecule has 0 aromatic heterocycles. The fraction of sp³-hybridized carbons (Fsp3) is 0.889. The molecule has 4 heteroatoms. The lowest BCUT2D eigenvalue weighted by molar-refractivity contribution is -0.140. The molecule has 0 radical (unpaired) electrons. The highest BCUT2D eigenvalue weighted by Gasteiger charge is 2.06.